The minimum Gasteiger partial charge on any atom is -0.367 e. The minimum absolute atomic E-state index is 0.351. The van der Waals surface area contributed by atoms with Gasteiger partial charge in [0.1, 0.15) is 0 Å². The Balaban J connectivity index is 3.22. The van der Waals surface area contributed by atoms with Gasteiger partial charge in [0.05, 0.1) is 0 Å². The predicted molar refractivity (Wildman–Crippen MR) is 39.2 cm³/mol. The van der Waals surface area contributed by atoms with Crippen LogP contribution in [0.15, 0.2) is 12.2 Å². The quantitative estimate of drug-likeness (QED) is 0.363. The van der Waals surface area contributed by atoms with Crippen LogP contribution in [0.2, 0.25) is 0 Å². The molecule has 0 aromatic heterocycles. The average Bonchev–Trinajstić information content (AvgIpc) is 1.89. The van der Waals surface area contributed by atoms with Gasteiger partial charge < -0.3 is 4.84 Å². The Morgan fingerprint density at radius 1 is 1.70 bits per heavy atom. The van der Waals surface area contributed by atoms with Gasteiger partial charge in [-0.15, -0.1) is 0 Å². The van der Waals surface area contributed by atoms with Crippen LogP contribution < -0.4 is 5.48 Å². The standard InChI is InChI=1S/C7H13NO2/c1-3-5-7(9)10-8-6-4-2/h3,5,8H,4,6H2,1-2H3. The molecule has 0 atom stereocenters. The monoisotopic (exact) mass is 143 g/mol. The van der Waals surface area contributed by atoms with E-state index >= 15 is 0 Å². The van der Waals surface area contributed by atoms with Crippen molar-refractivity contribution in [1.29, 1.82) is 0 Å². The maximum atomic E-state index is 10.5. The van der Waals surface area contributed by atoms with Gasteiger partial charge in [-0.05, 0) is 13.3 Å². The molecule has 0 aromatic rings. The van der Waals surface area contributed by atoms with Crippen LogP contribution in [0.4, 0.5) is 0 Å². The molecule has 3 nitrogen and oxygen atoms in total. The molecule has 1 N–H and O–H groups in total. The molecular weight excluding hydrogens is 130 g/mol. The largest absolute Gasteiger partial charge is 0.367 e. The maximum Gasteiger partial charge on any atom is 0.349 e. The van der Waals surface area contributed by atoms with E-state index in [0.717, 1.165) is 6.42 Å². The van der Waals surface area contributed by atoms with Gasteiger partial charge in [-0.3, -0.25) is 0 Å². The highest BCUT2D eigenvalue weighted by Crippen LogP contribution is 1.77. The summed E-state index contributed by atoms with van der Waals surface area (Å²) >= 11 is 0. The molecule has 0 aromatic carbocycles. The second-order valence-electron chi connectivity index (χ2n) is 1.82. The lowest BCUT2D eigenvalue weighted by Crippen LogP contribution is -2.18. The highest BCUT2D eigenvalue weighted by atomic mass is 16.7. The summed E-state index contributed by atoms with van der Waals surface area (Å²) in [5, 5.41) is 0. The van der Waals surface area contributed by atoms with E-state index in [2.05, 4.69) is 10.3 Å². The maximum absolute atomic E-state index is 10.5. The molecule has 0 heterocycles. The summed E-state index contributed by atoms with van der Waals surface area (Å²) in [4.78, 5) is 15.1. The fourth-order valence-corrected chi connectivity index (χ4v) is 0.394. The Labute approximate surface area is 61.0 Å². The summed E-state index contributed by atoms with van der Waals surface area (Å²) in [5.41, 5.74) is 2.52. The first kappa shape index (κ1) is 9.17. The van der Waals surface area contributed by atoms with E-state index < -0.39 is 0 Å². The zero-order valence-corrected chi connectivity index (χ0v) is 6.39. The molecule has 0 aliphatic heterocycles. The zero-order valence-electron chi connectivity index (χ0n) is 6.39. The fourth-order valence-electron chi connectivity index (χ4n) is 0.394. The molecule has 58 valence electrons. The van der Waals surface area contributed by atoms with Gasteiger partial charge in [-0.25, -0.2) is 4.79 Å². The van der Waals surface area contributed by atoms with E-state index in [1.165, 1.54) is 6.08 Å². The zero-order chi connectivity index (χ0) is 7.82. The SMILES string of the molecule is CC=CC(=O)ONCCC. The highest BCUT2D eigenvalue weighted by molar-refractivity contribution is 5.81. The van der Waals surface area contributed by atoms with Crippen molar-refractivity contribution in [2.45, 2.75) is 20.3 Å². The summed E-state index contributed by atoms with van der Waals surface area (Å²) in [5.74, 6) is -0.351. The molecule has 0 radical (unpaired) electrons. The van der Waals surface area contributed by atoms with Gasteiger partial charge in [-0.2, -0.15) is 5.48 Å². The Morgan fingerprint density at radius 2 is 2.40 bits per heavy atom. The van der Waals surface area contributed by atoms with Crippen LogP contribution >= 0.6 is 0 Å². The summed E-state index contributed by atoms with van der Waals surface area (Å²) in [6.45, 7) is 4.46. The third-order valence-corrected chi connectivity index (χ3v) is 0.828. The Kier molecular flexibility index (Phi) is 5.77. The third kappa shape index (κ3) is 5.31. The molecule has 10 heavy (non-hydrogen) atoms. The van der Waals surface area contributed by atoms with Crippen molar-refractivity contribution in [3.8, 4) is 0 Å². The average molecular weight is 143 g/mol. The summed E-state index contributed by atoms with van der Waals surface area (Å²) in [6.07, 6.45) is 3.95. The molecule has 0 saturated heterocycles. The van der Waals surface area contributed by atoms with E-state index in [9.17, 15) is 4.79 Å². The third-order valence-electron chi connectivity index (χ3n) is 0.828. The smallest absolute Gasteiger partial charge is 0.349 e. The van der Waals surface area contributed by atoms with Crippen molar-refractivity contribution in [2.24, 2.45) is 0 Å². The van der Waals surface area contributed by atoms with Crippen molar-refractivity contribution in [2.75, 3.05) is 6.54 Å². The number of carbonyl (C=O) groups excluding carboxylic acids is 1. The van der Waals surface area contributed by atoms with Gasteiger partial charge in [-0.1, -0.05) is 13.0 Å². The first-order chi connectivity index (χ1) is 4.81. The van der Waals surface area contributed by atoms with E-state index in [0.29, 0.717) is 6.54 Å². The molecule has 0 aliphatic carbocycles. The number of nitrogens with one attached hydrogen (secondary N) is 1. The predicted octanol–water partition coefficient (Wildman–Crippen LogP) is 1.02. The molecule has 0 amide bonds. The van der Waals surface area contributed by atoms with E-state index in [-0.39, 0.29) is 5.97 Å². The molecule has 0 bridgehead atoms. The van der Waals surface area contributed by atoms with Crippen LogP contribution in [-0.4, -0.2) is 12.5 Å². The van der Waals surface area contributed by atoms with Crippen molar-refractivity contribution >= 4 is 5.97 Å². The number of hydrogen-bond donors (Lipinski definition) is 1. The Hall–Kier alpha value is -0.830. The molecular formula is C7H13NO2. The molecule has 0 aliphatic rings. The van der Waals surface area contributed by atoms with Gasteiger partial charge in [0, 0.05) is 12.6 Å². The molecule has 0 unspecified atom stereocenters. The summed E-state index contributed by atoms with van der Waals surface area (Å²) < 4.78 is 0. The van der Waals surface area contributed by atoms with Crippen LogP contribution in [-0.2, 0) is 9.63 Å². The molecule has 3 heteroatoms. The molecule has 0 rings (SSSR count). The lowest BCUT2D eigenvalue weighted by Gasteiger charge is -1.99. The lowest BCUT2D eigenvalue weighted by atomic mass is 10.5. The number of carbonyl (C=O) groups is 1. The van der Waals surface area contributed by atoms with Crippen molar-refractivity contribution in [3.63, 3.8) is 0 Å². The normalized spacial score (nSPS) is 10.2. The Morgan fingerprint density at radius 3 is 2.90 bits per heavy atom. The van der Waals surface area contributed by atoms with Crippen LogP contribution in [0, 0.1) is 0 Å². The van der Waals surface area contributed by atoms with Crippen LogP contribution in [0.3, 0.4) is 0 Å². The molecule has 0 saturated carbocycles. The van der Waals surface area contributed by atoms with Gasteiger partial charge >= 0.3 is 5.97 Å². The van der Waals surface area contributed by atoms with Crippen molar-refractivity contribution < 1.29 is 9.63 Å². The van der Waals surface area contributed by atoms with Gasteiger partial charge in [0.15, 0.2) is 0 Å². The van der Waals surface area contributed by atoms with Crippen molar-refractivity contribution in [3.05, 3.63) is 12.2 Å². The number of hydrogen-bond acceptors (Lipinski definition) is 3. The fraction of sp³-hybridized carbons (Fsp3) is 0.571. The summed E-state index contributed by atoms with van der Waals surface area (Å²) in [7, 11) is 0. The van der Waals surface area contributed by atoms with E-state index in [1.807, 2.05) is 6.92 Å². The Bertz CT molecular complexity index is 121. The van der Waals surface area contributed by atoms with Crippen molar-refractivity contribution in [1.82, 2.24) is 5.48 Å². The second-order valence-corrected chi connectivity index (χ2v) is 1.82. The van der Waals surface area contributed by atoms with E-state index in [1.54, 1.807) is 13.0 Å². The first-order valence-electron chi connectivity index (χ1n) is 3.37. The van der Waals surface area contributed by atoms with Crippen LogP contribution in [0.5, 0.6) is 0 Å². The lowest BCUT2D eigenvalue weighted by molar-refractivity contribution is -0.144. The van der Waals surface area contributed by atoms with Gasteiger partial charge in [0.25, 0.3) is 0 Å². The second kappa shape index (κ2) is 6.29. The topological polar surface area (TPSA) is 38.3 Å². The first-order valence-corrected chi connectivity index (χ1v) is 3.37. The number of rotatable bonds is 4. The van der Waals surface area contributed by atoms with E-state index in [4.69, 9.17) is 0 Å². The summed E-state index contributed by atoms with van der Waals surface area (Å²) in [6, 6.07) is 0. The highest BCUT2D eigenvalue weighted by Gasteiger charge is 1.92. The number of hydroxylamine groups is 1. The number of allylic oxidation sites excluding steroid dienone is 1. The van der Waals surface area contributed by atoms with Crippen LogP contribution in [0.1, 0.15) is 20.3 Å². The van der Waals surface area contributed by atoms with Gasteiger partial charge in [0.2, 0.25) is 0 Å². The molecule has 0 fully saturated rings. The molecule has 0 spiro atoms. The minimum atomic E-state index is -0.351. The van der Waals surface area contributed by atoms with Crippen LogP contribution in [0.25, 0.3) is 0 Å².